The normalized spacial score (nSPS) is 18.5. The first-order chi connectivity index (χ1) is 15.0. The van der Waals surface area contributed by atoms with E-state index in [2.05, 4.69) is 32.5 Å². The summed E-state index contributed by atoms with van der Waals surface area (Å²) >= 11 is 1.38. The molecular formula is C21H23N7O2S. The predicted octanol–water partition coefficient (Wildman–Crippen LogP) is 2.61. The third-order valence-electron chi connectivity index (χ3n) is 5.37. The highest BCUT2D eigenvalue weighted by Gasteiger charge is 2.29. The topological polar surface area (TPSA) is 127 Å². The van der Waals surface area contributed by atoms with E-state index in [9.17, 15) is 9.59 Å². The van der Waals surface area contributed by atoms with E-state index in [0.29, 0.717) is 29.7 Å². The number of fused-ring (bicyclic) bond motifs is 1. The molecule has 0 unspecified atom stereocenters. The number of aromatic nitrogens is 3. The van der Waals surface area contributed by atoms with Gasteiger partial charge in [0.25, 0.3) is 5.91 Å². The summed E-state index contributed by atoms with van der Waals surface area (Å²) in [5.74, 6) is -0.0706. The number of amides is 2. The van der Waals surface area contributed by atoms with Gasteiger partial charge in [0.05, 0.1) is 17.3 Å². The maximum absolute atomic E-state index is 12.3. The first-order valence-electron chi connectivity index (χ1n) is 10.1. The minimum absolute atomic E-state index is 0.0176. The summed E-state index contributed by atoms with van der Waals surface area (Å²) in [6.45, 7) is 3.29. The Labute approximate surface area is 183 Å². The fraction of sp³-hybridized carbons (Fsp3) is 0.381. The van der Waals surface area contributed by atoms with Gasteiger partial charge in [-0.3, -0.25) is 9.59 Å². The average Bonchev–Trinajstić information content (AvgIpc) is 3.43. The summed E-state index contributed by atoms with van der Waals surface area (Å²) < 4.78 is 0. The number of rotatable bonds is 5. The van der Waals surface area contributed by atoms with E-state index in [1.54, 1.807) is 23.5 Å². The number of H-pyrrole nitrogens is 1. The lowest BCUT2D eigenvalue weighted by Gasteiger charge is -2.37. The number of pyridine rings is 1. The molecule has 0 spiro atoms. The number of likely N-dealkylation sites (tertiary alicyclic amines) is 1. The van der Waals surface area contributed by atoms with Crippen molar-refractivity contribution in [3.63, 3.8) is 0 Å². The first-order valence-corrected chi connectivity index (χ1v) is 10.9. The first kappa shape index (κ1) is 20.8. The molecule has 4 rings (SSSR count). The van der Waals surface area contributed by atoms with Gasteiger partial charge in [-0.15, -0.1) is 11.3 Å². The second-order valence-corrected chi connectivity index (χ2v) is 8.58. The van der Waals surface area contributed by atoms with Crippen molar-refractivity contribution in [1.29, 1.82) is 5.26 Å². The van der Waals surface area contributed by atoms with Crippen molar-refractivity contribution in [1.82, 2.24) is 25.2 Å². The van der Waals surface area contributed by atoms with Crippen LogP contribution in [0.2, 0.25) is 0 Å². The monoisotopic (exact) mass is 437 g/mol. The SMILES string of the molecule is CNC(=O)c1csc(-c2cnc3[nH]ccc3c2N[C@@H]2C[C@H](C)CN(C(=O)CC#N)C2)n1. The van der Waals surface area contributed by atoms with Gasteiger partial charge in [0, 0.05) is 49.3 Å². The van der Waals surface area contributed by atoms with E-state index < -0.39 is 0 Å². The molecule has 4 heterocycles. The Kier molecular flexibility index (Phi) is 5.86. The lowest BCUT2D eigenvalue weighted by atomic mass is 9.95. The minimum Gasteiger partial charge on any atom is -0.379 e. The van der Waals surface area contributed by atoms with Crippen LogP contribution < -0.4 is 10.6 Å². The summed E-state index contributed by atoms with van der Waals surface area (Å²) in [5.41, 5.74) is 2.79. The Morgan fingerprint density at radius 3 is 3.03 bits per heavy atom. The molecule has 0 saturated carbocycles. The summed E-state index contributed by atoms with van der Waals surface area (Å²) in [6, 6.07) is 3.92. The van der Waals surface area contributed by atoms with E-state index in [1.165, 1.54) is 11.3 Å². The molecule has 3 aromatic heterocycles. The number of aromatic amines is 1. The van der Waals surface area contributed by atoms with Crippen LogP contribution in [0.15, 0.2) is 23.8 Å². The Balaban J connectivity index is 1.68. The Bertz CT molecular complexity index is 1160. The number of carbonyl (C=O) groups is 2. The quantitative estimate of drug-likeness (QED) is 0.563. The third-order valence-corrected chi connectivity index (χ3v) is 6.25. The molecule has 31 heavy (non-hydrogen) atoms. The maximum Gasteiger partial charge on any atom is 0.270 e. The molecule has 0 bridgehead atoms. The van der Waals surface area contributed by atoms with Gasteiger partial charge < -0.3 is 20.5 Å². The van der Waals surface area contributed by atoms with Crippen LogP contribution in [0, 0.1) is 17.2 Å². The van der Waals surface area contributed by atoms with E-state index >= 15 is 0 Å². The molecule has 3 aromatic rings. The van der Waals surface area contributed by atoms with Crippen molar-refractivity contribution < 1.29 is 9.59 Å². The zero-order chi connectivity index (χ0) is 22.0. The zero-order valence-corrected chi connectivity index (χ0v) is 18.1. The largest absolute Gasteiger partial charge is 0.379 e. The fourth-order valence-corrected chi connectivity index (χ4v) is 4.81. The van der Waals surface area contributed by atoms with Gasteiger partial charge in [0.2, 0.25) is 5.91 Å². The molecule has 10 heteroatoms. The molecular weight excluding hydrogens is 414 g/mol. The molecule has 160 valence electrons. The summed E-state index contributed by atoms with van der Waals surface area (Å²) in [5, 5.41) is 18.4. The molecule has 3 N–H and O–H groups in total. The molecule has 2 atom stereocenters. The van der Waals surface area contributed by atoms with Gasteiger partial charge in [-0.2, -0.15) is 5.26 Å². The molecule has 1 aliphatic rings. The van der Waals surface area contributed by atoms with Crippen molar-refractivity contribution >= 4 is 39.9 Å². The smallest absolute Gasteiger partial charge is 0.270 e. The van der Waals surface area contributed by atoms with Gasteiger partial charge in [0.1, 0.15) is 22.8 Å². The molecule has 0 aliphatic carbocycles. The molecule has 2 amide bonds. The van der Waals surface area contributed by atoms with Crippen molar-refractivity contribution in [2.24, 2.45) is 5.92 Å². The van der Waals surface area contributed by atoms with Crippen molar-refractivity contribution in [3.05, 3.63) is 29.5 Å². The number of carbonyl (C=O) groups excluding carboxylic acids is 2. The number of nitrogens with one attached hydrogen (secondary N) is 3. The van der Waals surface area contributed by atoms with Gasteiger partial charge in [0.15, 0.2) is 0 Å². The van der Waals surface area contributed by atoms with E-state index in [0.717, 1.165) is 28.7 Å². The number of nitriles is 1. The second-order valence-electron chi connectivity index (χ2n) is 7.72. The molecule has 0 radical (unpaired) electrons. The van der Waals surface area contributed by atoms with Crippen LogP contribution in [0.1, 0.15) is 30.3 Å². The van der Waals surface area contributed by atoms with Crippen LogP contribution >= 0.6 is 11.3 Å². The molecule has 1 saturated heterocycles. The highest BCUT2D eigenvalue weighted by atomic mass is 32.1. The lowest BCUT2D eigenvalue weighted by Crippen LogP contribution is -2.48. The van der Waals surface area contributed by atoms with E-state index in [-0.39, 0.29) is 24.3 Å². The van der Waals surface area contributed by atoms with Gasteiger partial charge in [-0.1, -0.05) is 6.92 Å². The van der Waals surface area contributed by atoms with Crippen LogP contribution in [0.3, 0.4) is 0 Å². The highest BCUT2D eigenvalue weighted by Crippen LogP contribution is 2.36. The van der Waals surface area contributed by atoms with Crippen molar-refractivity contribution in [3.8, 4) is 16.6 Å². The van der Waals surface area contributed by atoms with Crippen LogP contribution in [0.4, 0.5) is 5.69 Å². The average molecular weight is 438 g/mol. The van der Waals surface area contributed by atoms with Crippen LogP contribution in [0.25, 0.3) is 21.6 Å². The number of piperidine rings is 1. The highest BCUT2D eigenvalue weighted by molar-refractivity contribution is 7.13. The van der Waals surface area contributed by atoms with Crippen LogP contribution in [-0.2, 0) is 4.79 Å². The van der Waals surface area contributed by atoms with Crippen LogP contribution in [0.5, 0.6) is 0 Å². The fourth-order valence-electron chi connectivity index (χ4n) is 4.00. The Morgan fingerprint density at radius 1 is 1.42 bits per heavy atom. The summed E-state index contributed by atoms with van der Waals surface area (Å²) in [6.07, 6.45) is 4.37. The standard InChI is InChI=1S/C21H23N7O2S/c1-12-7-13(10-28(9-12)17(29)3-5-22)26-18-14-4-6-24-19(14)25-8-15(18)21-27-16(11-31-21)20(30)23-2/h4,6,8,11-13H,3,7,9-10H2,1-2H3,(H,23,30)(H2,24,25,26)/t12-,13+/m0/s1. The Morgan fingerprint density at radius 2 is 2.26 bits per heavy atom. The zero-order valence-electron chi connectivity index (χ0n) is 17.3. The number of hydrogen-bond donors (Lipinski definition) is 3. The van der Waals surface area contributed by atoms with Crippen molar-refractivity contribution in [2.75, 3.05) is 25.5 Å². The number of hydrogen-bond acceptors (Lipinski definition) is 7. The summed E-state index contributed by atoms with van der Waals surface area (Å²) in [7, 11) is 1.57. The third kappa shape index (κ3) is 4.22. The molecule has 0 aromatic carbocycles. The number of thiazole rings is 1. The van der Waals surface area contributed by atoms with Crippen molar-refractivity contribution in [2.45, 2.75) is 25.8 Å². The van der Waals surface area contributed by atoms with E-state index in [1.807, 2.05) is 18.3 Å². The predicted molar refractivity (Wildman–Crippen MR) is 119 cm³/mol. The Hall–Kier alpha value is -3.45. The minimum atomic E-state index is -0.236. The lowest BCUT2D eigenvalue weighted by molar-refractivity contribution is -0.132. The van der Waals surface area contributed by atoms with E-state index in [4.69, 9.17) is 5.26 Å². The second kappa shape index (κ2) is 8.73. The van der Waals surface area contributed by atoms with Crippen LogP contribution in [-0.4, -0.2) is 57.8 Å². The molecule has 1 aliphatic heterocycles. The molecule has 1 fully saturated rings. The number of nitrogens with zero attached hydrogens (tertiary/aromatic N) is 4. The van der Waals surface area contributed by atoms with Gasteiger partial charge >= 0.3 is 0 Å². The molecule has 9 nitrogen and oxygen atoms in total. The van der Waals surface area contributed by atoms with Gasteiger partial charge in [-0.05, 0) is 18.4 Å². The maximum atomic E-state index is 12.3. The van der Waals surface area contributed by atoms with Gasteiger partial charge in [-0.25, -0.2) is 9.97 Å². The summed E-state index contributed by atoms with van der Waals surface area (Å²) in [4.78, 5) is 38.1. The number of anilines is 1.